The summed E-state index contributed by atoms with van der Waals surface area (Å²) in [5.74, 6) is 0.627. The van der Waals surface area contributed by atoms with Gasteiger partial charge in [0.15, 0.2) is 15.8 Å². The zero-order valence-corrected chi connectivity index (χ0v) is 13.3. The summed E-state index contributed by atoms with van der Waals surface area (Å²) in [6.45, 7) is 2.62. The normalized spacial score (nSPS) is 17.0. The number of likely N-dealkylation sites (tertiary alicyclic amines) is 1. The van der Waals surface area contributed by atoms with E-state index < -0.39 is 9.84 Å². The second-order valence-corrected chi connectivity index (χ2v) is 7.47. The number of hydrogen-bond acceptors (Lipinski definition) is 3. The summed E-state index contributed by atoms with van der Waals surface area (Å²) < 4.78 is 22.8. The van der Waals surface area contributed by atoms with Gasteiger partial charge in [0.05, 0.1) is 4.90 Å². The average Bonchev–Trinajstić information content (AvgIpc) is 2.47. The molecule has 1 fully saturated rings. The molecule has 0 atom stereocenters. The number of hydrogen-bond donors (Lipinski definition) is 1. The van der Waals surface area contributed by atoms with Crippen LogP contribution in [0.1, 0.15) is 24.8 Å². The van der Waals surface area contributed by atoms with Gasteiger partial charge in [-0.05, 0) is 43.4 Å². The summed E-state index contributed by atoms with van der Waals surface area (Å²) in [6.07, 6.45) is 5.62. The summed E-state index contributed by atoms with van der Waals surface area (Å²) in [6, 6.07) is 6.96. The molecule has 0 aliphatic carbocycles. The number of aliphatic imine (C=N–C) groups is 1. The molecule has 21 heavy (non-hydrogen) atoms. The number of guanidine groups is 1. The van der Waals surface area contributed by atoms with Gasteiger partial charge in [0, 0.05) is 25.9 Å². The van der Waals surface area contributed by atoms with Crippen LogP contribution in [0.25, 0.3) is 0 Å². The Labute approximate surface area is 126 Å². The molecule has 0 spiro atoms. The molecule has 2 N–H and O–H groups in total. The van der Waals surface area contributed by atoms with Crippen molar-refractivity contribution in [3.8, 4) is 0 Å². The van der Waals surface area contributed by atoms with Crippen molar-refractivity contribution < 1.29 is 8.42 Å². The Morgan fingerprint density at radius 3 is 2.38 bits per heavy atom. The number of benzene rings is 1. The molecule has 0 unspecified atom stereocenters. The van der Waals surface area contributed by atoms with E-state index in [0.29, 0.717) is 17.4 Å². The maximum atomic E-state index is 11.4. The van der Waals surface area contributed by atoms with Gasteiger partial charge in [-0.15, -0.1) is 0 Å². The van der Waals surface area contributed by atoms with Crippen LogP contribution in [0.5, 0.6) is 0 Å². The lowest BCUT2D eigenvalue weighted by atomic mass is 10.1. The van der Waals surface area contributed by atoms with E-state index in [4.69, 9.17) is 5.73 Å². The first-order valence-corrected chi connectivity index (χ1v) is 9.20. The van der Waals surface area contributed by atoms with Gasteiger partial charge < -0.3 is 10.6 Å². The summed E-state index contributed by atoms with van der Waals surface area (Å²) in [4.78, 5) is 6.90. The molecule has 116 valence electrons. The van der Waals surface area contributed by atoms with Gasteiger partial charge in [0.1, 0.15) is 0 Å². The number of rotatable bonds is 4. The Morgan fingerprint density at radius 1 is 1.19 bits per heavy atom. The number of piperidine rings is 1. The van der Waals surface area contributed by atoms with E-state index in [1.165, 1.54) is 25.5 Å². The smallest absolute Gasteiger partial charge is 0.191 e. The maximum absolute atomic E-state index is 11.4. The zero-order valence-electron chi connectivity index (χ0n) is 12.5. The fourth-order valence-corrected chi connectivity index (χ4v) is 3.06. The summed E-state index contributed by atoms with van der Waals surface area (Å²) >= 11 is 0. The summed E-state index contributed by atoms with van der Waals surface area (Å²) in [7, 11) is -3.12. The van der Waals surface area contributed by atoms with Crippen molar-refractivity contribution in [3.63, 3.8) is 0 Å². The van der Waals surface area contributed by atoms with E-state index >= 15 is 0 Å². The molecule has 1 aromatic rings. The van der Waals surface area contributed by atoms with Crippen LogP contribution < -0.4 is 5.73 Å². The lowest BCUT2D eigenvalue weighted by Crippen LogP contribution is -2.41. The predicted octanol–water partition coefficient (Wildman–Crippen LogP) is 1.43. The maximum Gasteiger partial charge on any atom is 0.191 e. The van der Waals surface area contributed by atoms with E-state index in [9.17, 15) is 8.42 Å². The Kier molecular flexibility index (Phi) is 5.22. The van der Waals surface area contributed by atoms with Gasteiger partial charge in [-0.1, -0.05) is 12.1 Å². The fraction of sp³-hybridized carbons (Fsp3) is 0.533. The average molecular weight is 309 g/mol. The van der Waals surface area contributed by atoms with E-state index in [2.05, 4.69) is 9.89 Å². The third kappa shape index (κ3) is 4.74. The molecule has 0 radical (unpaired) electrons. The molecule has 1 aliphatic rings. The van der Waals surface area contributed by atoms with Crippen LogP contribution in [0.3, 0.4) is 0 Å². The summed E-state index contributed by atoms with van der Waals surface area (Å²) in [5.41, 5.74) is 7.06. The highest BCUT2D eigenvalue weighted by atomic mass is 32.2. The molecule has 5 nitrogen and oxygen atoms in total. The van der Waals surface area contributed by atoms with Crippen LogP contribution in [0.2, 0.25) is 0 Å². The SMILES string of the molecule is CS(=O)(=O)c1ccc(CCN=C(N)N2CCCCC2)cc1. The van der Waals surface area contributed by atoms with Gasteiger partial charge >= 0.3 is 0 Å². The molecular formula is C15H23N3O2S. The van der Waals surface area contributed by atoms with Crippen molar-refractivity contribution in [2.75, 3.05) is 25.9 Å². The topological polar surface area (TPSA) is 75.8 Å². The highest BCUT2D eigenvalue weighted by Crippen LogP contribution is 2.11. The van der Waals surface area contributed by atoms with Crippen molar-refractivity contribution in [1.29, 1.82) is 0 Å². The third-order valence-electron chi connectivity index (χ3n) is 3.71. The molecule has 6 heteroatoms. The van der Waals surface area contributed by atoms with Crippen molar-refractivity contribution in [2.45, 2.75) is 30.6 Å². The van der Waals surface area contributed by atoms with Gasteiger partial charge in [0.2, 0.25) is 0 Å². The highest BCUT2D eigenvalue weighted by molar-refractivity contribution is 7.90. The van der Waals surface area contributed by atoms with Gasteiger partial charge in [0.25, 0.3) is 0 Å². The van der Waals surface area contributed by atoms with Crippen LogP contribution in [0.15, 0.2) is 34.2 Å². The first-order chi connectivity index (χ1) is 9.97. The molecule has 1 aromatic carbocycles. The van der Waals surface area contributed by atoms with Crippen molar-refractivity contribution in [3.05, 3.63) is 29.8 Å². The number of nitrogens with two attached hydrogens (primary N) is 1. The molecule has 1 heterocycles. The predicted molar refractivity (Wildman–Crippen MR) is 85.2 cm³/mol. The van der Waals surface area contributed by atoms with Crippen molar-refractivity contribution >= 4 is 15.8 Å². The highest BCUT2D eigenvalue weighted by Gasteiger charge is 2.11. The third-order valence-corrected chi connectivity index (χ3v) is 4.83. The lowest BCUT2D eigenvalue weighted by Gasteiger charge is -2.27. The largest absolute Gasteiger partial charge is 0.370 e. The van der Waals surface area contributed by atoms with Crippen LogP contribution in [-0.2, 0) is 16.3 Å². The Hall–Kier alpha value is -1.56. The first-order valence-electron chi connectivity index (χ1n) is 7.31. The molecule has 1 aliphatic heterocycles. The molecule has 1 saturated heterocycles. The monoisotopic (exact) mass is 309 g/mol. The number of nitrogens with zero attached hydrogens (tertiary/aromatic N) is 2. The van der Waals surface area contributed by atoms with Crippen LogP contribution in [-0.4, -0.2) is 45.2 Å². The first kappa shape index (κ1) is 15.8. The molecule has 2 rings (SSSR count). The Bertz CT molecular complexity index is 588. The zero-order chi connectivity index (χ0) is 15.3. The standard InChI is InChI=1S/C15H23N3O2S/c1-21(19,20)14-7-5-13(6-8-14)9-10-17-15(16)18-11-3-2-4-12-18/h5-8H,2-4,9-12H2,1H3,(H2,16,17). The molecule has 0 amide bonds. The van der Waals surface area contributed by atoms with Crippen LogP contribution >= 0.6 is 0 Å². The minimum Gasteiger partial charge on any atom is -0.370 e. The van der Waals surface area contributed by atoms with E-state index in [0.717, 1.165) is 25.1 Å². The molecule has 0 aromatic heterocycles. The van der Waals surface area contributed by atoms with Crippen LogP contribution in [0.4, 0.5) is 0 Å². The molecule has 0 saturated carbocycles. The van der Waals surface area contributed by atoms with E-state index in [1.54, 1.807) is 12.1 Å². The lowest BCUT2D eigenvalue weighted by molar-refractivity contribution is 0.338. The van der Waals surface area contributed by atoms with Gasteiger partial charge in [-0.25, -0.2) is 8.42 Å². The van der Waals surface area contributed by atoms with E-state index in [1.807, 2.05) is 12.1 Å². The summed E-state index contributed by atoms with van der Waals surface area (Å²) in [5, 5.41) is 0. The Balaban J connectivity index is 1.88. The number of sulfone groups is 1. The second kappa shape index (κ2) is 6.93. The van der Waals surface area contributed by atoms with Crippen molar-refractivity contribution in [2.24, 2.45) is 10.7 Å². The van der Waals surface area contributed by atoms with Gasteiger partial charge in [-0.2, -0.15) is 0 Å². The van der Waals surface area contributed by atoms with Gasteiger partial charge in [-0.3, -0.25) is 4.99 Å². The molecule has 0 bridgehead atoms. The van der Waals surface area contributed by atoms with E-state index in [-0.39, 0.29) is 0 Å². The second-order valence-electron chi connectivity index (χ2n) is 5.45. The fourth-order valence-electron chi connectivity index (χ4n) is 2.43. The minimum atomic E-state index is -3.12. The molecular weight excluding hydrogens is 286 g/mol. The van der Waals surface area contributed by atoms with Crippen LogP contribution in [0, 0.1) is 0 Å². The minimum absolute atomic E-state index is 0.350. The quantitative estimate of drug-likeness (QED) is 0.674. The Morgan fingerprint density at radius 2 is 1.81 bits per heavy atom. The van der Waals surface area contributed by atoms with Crippen molar-refractivity contribution in [1.82, 2.24) is 4.90 Å².